The predicted octanol–water partition coefficient (Wildman–Crippen LogP) is 4.37. The van der Waals surface area contributed by atoms with Gasteiger partial charge >= 0.3 is 6.01 Å². The summed E-state index contributed by atoms with van der Waals surface area (Å²) in [5.74, 6) is 0.532. The Balaban J connectivity index is 1.41. The third-order valence-electron chi connectivity index (χ3n) is 5.67. The molecule has 0 atom stereocenters. The number of hydrogen-bond acceptors (Lipinski definition) is 6. The van der Waals surface area contributed by atoms with Crippen molar-refractivity contribution in [1.82, 2.24) is 14.9 Å². The maximum absolute atomic E-state index is 13.6. The fraction of sp³-hybridized carbons (Fsp3) is 0.304. The molecule has 160 valence electrons. The van der Waals surface area contributed by atoms with Gasteiger partial charge in [0.15, 0.2) is 0 Å². The van der Waals surface area contributed by atoms with E-state index in [0.29, 0.717) is 30.7 Å². The SMILES string of the molecule is COc1ncc(CN2CCOc3c(Cl)cc(N4CCc5cc(F)ccc54)cc3C2)cn1. The van der Waals surface area contributed by atoms with Crippen molar-refractivity contribution >= 4 is 23.0 Å². The third-order valence-corrected chi connectivity index (χ3v) is 5.95. The van der Waals surface area contributed by atoms with E-state index in [1.165, 1.54) is 6.07 Å². The molecule has 0 saturated heterocycles. The lowest BCUT2D eigenvalue weighted by Gasteiger charge is -2.23. The lowest BCUT2D eigenvalue weighted by molar-refractivity contribution is 0.219. The van der Waals surface area contributed by atoms with E-state index < -0.39 is 0 Å². The van der Waals surface area contributed by atoms with Crippen molar-refractivity contribution in [2.24, 2.45) is 0 Å². The summed E-state index contributed by atoms with van der Waals surface area (Å²) >= 11 is 6.63. The molecule has 3 heterocycles. The molecule has 0 radical (unpaired) electrons. The first kappa shape index (κ1) is 20.0. The zero-order valence-electron chi connectivity index (χ0n) is 17.1. The molecule has 2 aromatic carbocycles. The number of ether oxygens (including phenoxy) is 2. The van der Waals surface area contributed by atoms with Crippen molar-refractivity contribution in [3.05, 3.63) is 70.3 Å². The van der Waals surface area contributed by atoms with Gasteiger partial charge in [-0.2, -0.15) is 0 Å². The minimum absolute atomic E-state index is 0.202. The highest BCUT2D eigenvalue weighted by atomic mass is 35.5. The van der Waals surface area contributed by atoms with Gasteiger partial charge in [-0.1, -0.05) is 11.6 Å². The number of rotatable bonds is 4. The van der Waals surface area contributed by atoms with Gasteiger partial charge in [0.05, 0.1) is 12.1 Å². The molecule has 3 aromatic rings. The Morgan fingerprint density at radius 2 is 1.97 bits per heavy atom. The number of methoxy groups -OCH3 is 1. The quantitative estimate of drug-likeness (QED) is 0.600. The Hall–Kier alpha value is -2.90. The summed E-state index contributed by atoms with van der Waals surface area (Å²) in [5.41, 5.74) is 5.07. The van der Waals surface area contributed by atoms with Gasteiger partial charge in [0.2, 0.25) is 0 Å². The molecule has 0 amide bonds. The van der Waals surface area contributed by atoms with Crippen molar-refractivity contribution in [2.75, 3.05) is 31.7 Å². The second-order valence-corrected chi connectivity index (χ2v) is 8.13. The van der Waals surface area contributed by atoms with E-state index in [1.807, 2.05) is 12.1 Å². The van der Waals surface area contributed by atoms with Gasteiger partial charge in [0.1, 0.15) is 18.2 Å². The highest BCUT2D eigenvalue weighted by Crippen LogP contribution is 2.41. The molecule has 31 heavy (non-hydrogen) atoms. The number of nitrogens with zero attached hydrogens (tertiary/aromatic N) is 4. The van der Waals surface area contributed by atoms with Crippen LogP contribution in [0.15, 0.2) is 42.7 Å². The van der Waals surface area contributed by atoms with Crippen LogP contribution in [0.3, 0.4) is 0 Å². The summed E-state index contributed by atoms with van der Waals surface area (Å²) in [7, 11) is 1.55. The lowest BCUT2D eigenvalue weighted by Crippen LogP contribution is -2.25. The van der Waals surface area contributed by atoms with Crippen molar-refractivity contribution in [3.63, 3.8) is 0 Å². The Kier molecular flexibility index (Phi) is 5.38. The van der Waals surface area contributed by atoms with Crippen molar-refractivity contribution in [2.45, 2.75) is 19.5 Å². The average Bonchev–Trinajstić information content (AvgIpc) is 3.07. The lowest BCUT2D eigenvalue weighted by atomic mass is 10.1. The minimum atomic E-state index is -0.202. The van der Waals surface area contributed by atoms with E-state index in [9.17, 15) is 4.39 Å². The average molecular weight is 441 g/mol. The van der Waals surface area contributed by atoms with Crippen LogP contribution in [0.4, 0.5) is 15.8 Å². The molecular weight excluding hydrogens is 419 g/mol. The molecule has 2 aliphatic rings. The van der Waals surface area contributed by atoms with Gasteiger partial charge in [-0.25, -0.2) is 14.4 Å². The van der Waals surface area contributed by atoms with Crippen molar-refractivity contribution in [3.8, 4) is 11.8 Å². The number of anilines is 2. The first-order chi connectivity index (χ1) is 15.1. The molecule has 8 heteroatoms. The number of benzene rings is 2. The van der Waals surface area contributed by atoms with Crippen LogP contribution in [0.2, 0.25) is 5.02 Å². The molecule has 6 nitrogen and oxygen atoms in total. The van der Waals surface area contributed by atoms with Gasteiger partial charge in [-0.05, 0) is 42.3 Å². The van der Waals surface area contributed by atoms with Crippen LogP contribution in [0, 0.1) is 5.82 Å². The largest absolute Gasteiger partial charge is 0.490 e. The Morgan fingerprint density at radius 3 is 2.77 bits per heavy atom. The van der Waals surface area contributed by atoms with E-state index in [4.69, 9.17) is 21.1 Å². The standard InChI is InChI=1S/C23H22ClFN4O2/c1-30-23-26-11-15(12-27-23)13-28-6-7-31-22-17(14-28)9-19(10-20(22)24)29-5-4-16-8-18(25)2-3-21(16)29/h2-3,8-12H,4-7,13-14H2,1H3. The van der Waals surface area contributed by atoms with E-state index in [1.54, 1.807) is 25.6 Å². The Labute approximate surface area is 185 Å². The van der Waals surface area contributed by atoms with Gasteiger partial charge < -0.3 is 14.4 Å². The molecule has 2 aliphatic heterocycles. The summed E-state index contributed by atoms with van der Waals surface area (Å²) in [6, 6.07) is 9.37. The predicted molar refractivity (Wildman–Crippen MR) is 117 cm³/mol. The molecule has 1 aromatic heterocycles. The molecule has 0 bridgehead atoms. The van der Waals surface area contributed by atoms with Crippen LogP contribution in [0.25, 0.3) is 0 Å². The summed E-state index contributed by atoms with van der Waals surface area (Å²) in [5, 5.41) is 0.595. The number of halogens is 2. The van der Waals surface area contributed by atoms with Crippen LogP contribution in [0.5, 0.6) is 11.8 Å². The van der Waals surface area contributed by atoms with Gasteiger partial charge in [0.25, 0.3) is 0 Å². The van der Waals surface area contributed by atoms with Gasteiger partial charge in [0, 0.05) is 61.1 Å². The number of hydrogen-bond donors (Lipinski definition) is 0. The van der Waals surface area contributed by atoms with Crippen LogP contribution in [0.1, 0.15) is 16.7 Å². The maximum Gasteiger partial charge on any atom is 0.316 e. The summed E-state index contributed by atoms with van der Waals surface area (Å²) in [6.45, 7) is 3.49. The molecule has 0 spiro atoms. The molecule has 5 rings (SSSR count). The van der Waals surface area contributed by atoms with Crippen LogP contribution >= 0.6 is 11.6 Å². The fourth-order valence-corrected chi connectivity index (χ4v) is 4.52. The highest BCUT2D eigenvalue weighted by Gasteiger charge is 2.25. The van der Waals surface area contributed by atoms with E-state index >= 15 is 0 Å². The second-order valence-electron chi connectivity index (χ2n) is 7.73. The number of fused-ring (bicyclic) bond motifs is 2. The summed E-state index contributed by atoms with van der Waals surface area (Å²) < 4.78 is 24.6. The van der Waals surface area contributed by atoms with Gasteiger partial charge in [-0.3, -0.25) is 4.90 Å². The zero-order valence-corrected chi connectivity index (χ0v) is 17.9. The topological polar surface area (TPSA) is 50.7 Å². The second kappa shape index (κ2) is 8.32. The molecule has 0 unspecified atom stereocenters. The van der Waals surface area contributed by atoms with E-state index in [-0.39, 0.29) is 5.82 Å². The van der Waals surface area contributed by atoms with Gasteiger partial charge in [-0.15, -0.1) is 0 Å². The van der Waals surface area contributed by atoms with Crippen molar-refractivity contribution < 1.29 is 13.9 Å². The molecule has 0 fully saturated rings. The highest BCUT2D eigenvalue weighted by molar-refractivity contribution is 6.32. The summed E-state index contributed by atoms with van der Waals surface area (Å²) in [4.78, 5) is 12.9. The van der Waals surface area contributed by atoms with Crippen LogP contribution < -0.4 is 14.4 Å². The van der Waals surface area contributed by atoms with E-state index in [2.05, 4.69) is 25.8 Å². The summed E-state index contributed by atoms with van der Waals surface area (Å²) in [6.07, 6.45) is 4.37. The zero-order chi connectivity index (χ0) is 21.4. The molecule has 0 aliphatic carbocycles. The molecule has 0 N–H and O–H groups in total. The number of aromatic nitrogens is 2. The Morgan fingerprint density at radius 1 is 1.13 bits per heavy atom. The molecular formula is C23H22ClFN4O2. The molecule has 0 saturated carbocycles. The normalized spacial score (nSPS) is 15.8. The first-order valence-corrected chi connectivity index (χ1v) is 10.6. The monoisotopic (exact) mass is 440 g/mol. The first-order valence-electron chi connectivity index (χ1n) is 10.2. The van der Waals surface area contributed by atoms with Crippen molar-refractivity contribution in [1.29, 1.82) is 0 Å². The fourth-order valence-electron chi connectivity index (χ4n) is 4.23. The smallest absolute Gasteiger partial charge is 0.316 e. The van der Waals surface area contributed by atoms with E-state index in [0.717, 1.165) is 53.3 Å². The maximum atomic E-state index is 13.6. The van der Waals surface area contributed by atoms with Crippen LogP contribution in [-0.4, -0.2) is 41.7 Å². The minimum Gasteiger partial charge on any atom is -0.490 e. The third kappa shape index (κ3) is 4.03. The van der Waals surface area contributed by atoms with Crippen LogP contribution in [-0.2, 0) is 19.5 Å². The Bertz CT molecular complexity index is 1110.